The van der Waals surface area contributed by atoms with Gasteiger partial charge in [0.05, 0.1) is 8.66 Å². The highest BCUT2D eigenvalue weighted by atomic mass is 79.9. The van der Waals surface area contributed by atoms with Crippen LogP contribution in [-0.2, 0) is 6.42 Å². The third-order valence-electron chi connectivity index (χ3n) is 2.62. The molecule has 17 heavy (non-hydrogen) atoms. The van der Waals surface area contributed by atoms with Gasteiger partial charge in [0.25, 0.3) is 0 Å². The highest BCUT2D eigenvalue weighted by molar-refractivity contribution is 9.11. The summed E-state index contributed by atoms with van der Waals surface area (Å²) >= 11 is 4.97. The Morgan fingerprint density at radius 3 is 2.59 bits per heavy atom. The van der Waals surface area contributed by atoms with Crippen molar-refractivity contribution in [2.75, 3.05) is 0 Å². The SMILES string of the molecule is Cc1cc(C(=O)CCc2ccccc2)sc1Br. The topological polar surface area (TPSA) is 17.1 Å². The lowest BCUT2D eigenvalue weighted by Gasteiger charge is -1.99. The molecule has 1 heterocycles. The molecule has 0 saturated carbocycles. The molecule has 2 aromatic rings. The number of hydrogen-bond donors (Lipinski definition) is 0. The monoisotopic (exact) mass is 308 g/mol. The number of benzene rings is 1. The van der Waals surface area contributed by atoms with Crippen LogP contribution in [0.2, 0.25) is 0 Å². The van der Waals surface area contributed by atoms with Gasteiger partial charge in [0.1, 0.15) is 0 Å². The van der Waals surface area contributed by atoms with Gasteiger partial charge in [0.15, 0.2) is 5.78 Å². The second kappa shape index (κ2) is 5.61. The summed E-state index contributed by atoms with van der Waals surface area (Å²) < 4.78 is 1.06. The van der Waals surface area contributed by atoms with E-state index in [2.05, 4.69) is 28.1 Å². The molecule has 0 aliphatic carbocycles. The first-order valence-corrected chi connectivity index (χ1v) is 7.11. The van der Waals surface area contributed by atoms with Gasteiger partial charge in [-0.15, -0.1) is 11.3 Å². The van der Waals surface area contributed by atoms with E-state index in [1.165, 1.54) is 16.9 Å². The lowest BCUT2D eigenvalue weighted by Crippen LogP contribution is -1.98. The average molecular weight is 309 g/mol. The maximum Gasteiger partial charge on any atom is 0.173 e. The number of hydrogen-bond acceptors (Lipinski definition) is 2. The van der Waals surface area contributed by atoms with Crippen LogP contribution in [0.4, 0.5) is 0 Å². The van der Waals surface area contributed by atoms with Crippen molar-refractivity contribution in [2.24, 2.45) is 0 Å². The number of aryl methyl sites for hydroxylation is 2. The van der Waals surface area contributed by atoms with Crippen LogP contribution in [0.25, 0.3) is 0 Å². The molecule has 0 fully saturated rings. The molecule has 1 aromatic heterocycles. The number of carbonyl (C=O) groups excluding carboxylic acids is 1. The minimum absolute atomic E-state index is 0.229. The Bertz CT molecular complexity index is 497. The Kier molecular flexibility index (Phi) is 4.13. The standard InChI is InChI=1S/C14H13BrOS/c1-10-9-13(17-14(10)15)12(16)8-7-11-5-3-2-4-6-11/h2-6,9H,7-8H2,1H3. The molecular weight excluding hydrogens is 296 g/mol. The van der Waals surface area contributed by atoms with E-state index in [1.807, 2.05) is 31.2 Å². The summed E-state index contributed by atoms with van der Waals surface area (Å²) in [6, 6.07) is 12.1. The first kappa shape index (κ1) is 12.5. The zero-order valence-corrected chi connectivity index (χ0v) is 12.0. The van der Waals surface area contributed by atoms with Gasteiger partial charge in [-0.1, -0.05) is 30.3 Å². The van der Waals surface area contributed by atoms with Crippen molar-refractivity contribution in [3.05, 3.63) is 56.2 Å². The van der Waals surface area contributed by atoms with Crippen LogP contribution in [0.3, 0.4) is 0 Å². The predicted molar refractivity (Wildman–Crippen MR) is 75.8 cm³/mol. The van der Waals surface area contributed by atoms with E-state index in [4.69, 9.17) is 0 Å². The van der Waals surface area contributed by atoms with Crippen LogP contribution in [0, 0.1) is 6.92 Å². The molecule has 1 nitrogen and oxygen atoms in total. The second-order valence-corrected chi connectivity index (χ2v) is 6.35. The van der Waals surface area contributed by atoms with Gasteiger partial charge >= 0.3 is 0 Å². The lowest BCUT2D eigenvalue weighted by atomic mass is 10.1. The summed E-state index contributed by atoms with van der Waals surface area (Å²) in [4.78, 5) is 12.8. The van der Waals surface area contributed by atoms with Crippen LogP contribution in [-0.4, -0.2) is 5.78 Å². The summed E-state index contributed by atoms with van der Waals surface area (Å²) in [5.41, 5.74) is 2.35. The van der Waals surface area contributed by atoms with E-state index in [0.717, 1.165) is 20.6 Å². The zero-order valence-electron chi connectivity index (χ0n) is 9.57. The van der Waals surface area contributed by atoms with Crippen LogP contribution in [0.1, 0.15) is 27.2 Å². The fraction of sp³-hybridized carbons (Fsp3) is 0.214. The summed E-state index contributed by atoms with van der Waals surface area (Å²) in [5, 5.41) is 0. The maximum atomic E-state index is 12.0. The van der Waals surface area contributed by atoms with Gasteiger partial charge in [-0.25, -0.2) is 0 Å². The van der Waals surface area contributed by atoms with E-state index < -0.39 is 0 Å². The van der Waals surface area contributed by atoms with Gasteiger partial charge in [0.2, 0.25) is 0 Å². The Hall–Kier alpha value is -0.930. The van der Waals surface area contributed by atoms with Crippen molar-refractivity contribution >= 4 is 33.0 Å². The van der Waals surface area contributed by atoms with Gasteiger partial charge in [-0.05, 0) is 46.5 Å². The molecule has 0 spiro atoms. The number of ketones is 1. The van der Waals surface area contributed by atoms with Gasteiger partial charge in [-0.3, -0.25) is 4.79 Å². The van der Waals surface area contributed by atoms with Crippen LogP contribution >= 0.6 is 27.3 Å². The highest BCUT2D eigenvalue weighted by Gasteiger charge is 2.11. The Balaban J connectivity index is 1.98. The van der Waals surface area contributed by atoms with E-state index in [9.17, 15) is 4.79 Å². The molecule has 0 unspecified atom stereocenters. The van der Waals surface area contributed by atoms with Gasteiger partial charge < -0.3 is 0 Å². The first-order valence-electron chi connectivity index (χ1n) is 5.50. The Morgan fingerprint density at radius 2 is 2.00 bits per heavy atom. The molecule has 0 aliphatic rings. The van der Waals surface area contributed by atoms with Crippen molar-refractivity contribution in [3.63, 3.8) is 0 Å². The molecular formula is C14H13BrOS. The van der Waals surface area contributed by atoms with Crippen molar-refractivity contribution in [1.29, 1.82) is 0 Å². The van der Waals surface area contributed by atoms with Crippen LogP contribution < -0.4 is 0 Å². The molecule has 0 amide bonds. The van der Waals surface area contributed by atoms with E-state index in [-0.39, 0.29) is 5.78 Å². The van der Waals surface area contributed by atoms with Crippen LogP contribution in [0.15, 0.2) is 40.2 Å². The molecule has 0 saturated heterocycles. The van der Waals surface area contributed by atoms with Gasteiger partial charge in [-0.2, -0.15) is 0 Å². The molecule has 0 radical (unpaired) electrons. The van der Waals surface area contributed by atoms with E-state index in [0.29, 0.717) is 6.42 Å². The van der Waals surface area contributed by atoms with E-state index >= 15 is 0 Å². The average Bonchev–Trinajstić information content (AvgIpc) is 2.68. The molecule has 0 N–H and O–H groups in total. The normalized spacial score (nSPS) is 10.5. The number of Topliss-reactive ketones (excluding diaryl/α,β-unsaturated/α-hetero) is 1. The summed E-state index contributed by atoms with van der Waals surface area (Å²) in [6.45, 7) is 2.01. The molecule has 0 atom stereocenters. The molecule has 0 bridgehead atoms. The highest BCUT2D eigenvalue weighted by Crippen LogP contribution is 2.28. The first-order chi connectivity index (χ1) is 8.16. The minimum Gasteiger partial charge on any atom is -0.293 e. The quantitative estimate of drug-likeness (QED) is 0.752. The van der Waals surface area contributed by atoms with E-state index in [1.54, 1.807) is 0 Å². The maximum absolute atomic E-state index is 12.0. The molecule has 0 aliphatic heterocycles. The largest absolute Gasteiger partial charge is 0.293 e. The zero-order chi connectivity index (χ0) is 12.3. The fourth-order valence-corrected chi connectivity index (χ4v) is 3.13. The number of rotatable bonds is 4. The Morgan fingerprint density at radius 1 is 1.29 bits per heavy atom. The number of carbonyl (C=O) groups is 1. The molecule has 2 rings (SSSR count). The van der Waals surface area contributed by atoms with Crippen LogP contribution in [0.5, 0.6) is 0 Å². The third kappa shape index (κ3) is 3.27. The summed E-state index contributed by atoms with van der Waals surface area (Å²) in [5.74, 6) is 0.229. The van der Waals surface area contributed by atoms with Crippen molar-refractivity contribution in [3.8, 4) is 0 Å². The molecule has 1 aromatic carbocycles. The fourth-order valence-electron chi connectivity index (χ4n) is 1.62. The third-order valence-corrected chi connectivity index (χ3v) is 4.79. The lowest BCUT2D eigenvalue weighted by molar-refractivity contribution is 0.0986. The number of halogens is 1. The van der Waals surface area contributed by atoms with Crippen molar-refractivity contribution in [2.45, 2.75) is 19.8 Å². The Labute approximate surface area is 114 Å². The summed E-state index contributed by atoms with van der Waals surface area (Å²) in [7, 11) is 0. The smallest absolute Gasteiger partial charge is 0.173 e. The predicted octanol–water partition coefficient (Wildman–Crippen LogP) is 4.63. The summed E-state index contributed by atoms with van der Waals surface area (Å²) in [6.07, 6.45) is 1.39. The molecule has 88 valence electrons. The number of thiophene rings is 1. The molecule has 3 heteroatoms. The van der Waals surface area contributed by atoms with Crippen molar-refractivity contribution < 1.29 is 4.79 Å². The van der Waals surface area contributed by atoms with Gasteiger partial charge in [0, 0.05) is 6.42 Å². The van der Waals surface area contributed by atoms with Crippen molar-refractivity contribution in [1.82, 2.24) is 0 Å². The second-order valence-electron chi connectivity index (χ2n) is 3.98. The minimum atomic E-state index is 0.229.